The summed E-state index contributed by atoms with van der Waals surface area (Å²) in [6.07, 6.45) is 1.60. The van der Waals surface area contributed by atoms with Crippen LogP contribution in [0, 0.1) is 11.3 Å². The van der Waals surface area contributed by atoms with Crippen LogP contribution in [-0.2, 0) is 5.75 Å². The zero-order chi connectivity index (χ0) is 13.9. The molecule has 0 spiro atoms. The lowest BCUT2D eigenvalue weighted by molar-refractivity contribution is 0.953. The Hall–Kier alpha value is -2.66. The number of nitriles is 1. The van der Waals surface area contributed by atoms with Gasteiger partial charge in [-0.3, -0.25) is 0 Å². The van der Waals surface area contributed by atoms with Gasteiger partial charge in [0, 0.05) is 16.8 Å². The Labute approximate surface area is 118 Å². The highest BCUT2D eigenvalue weighted by Gasteiger charge is 2.10. The van der Waals surface area contributed by atoms with Gasteiger partial charge in [-0.1, -0.05) is 11.3 Å². The molecule has 0 saturated carbocycles. The summed E-state index contributed by atoms with van der Waals surface area (Å²) in [5.74, 6) is 1.00. The molecule has 20 heavy (non-hydrogen) atoms. The van der Waals surface area contributed by atoms with E-state index in [-0.39, 0.29) is 0 Å². The predicted octanol–water partition coefficient (Wildman–Crippen LogP) is 1.49. The molecule has 0 aliphatic heterocycles. The molecule has 0 aliphatic carbocycles. The molecule has 3 N–H and O–H groups in total. The van der Waals surface area contributed by atoms with Crippen LogP contribution in [0.5, 0.6) is 0 Å². The van der Waals surface area contributed by atoms with Gasteiger partial charge < -0.3 is 5.73 Å². The van der Waals surface area contributed by atoms with Crippen LogP contribution in [-0.4, -0.2) is 25.4 Å². The molecule has 0 amide bonds. The first-order valence-corrected chi connectivity index (χ1v) is 6.70. The number of nitrogens with two attached hydrogens (primary N) is 1. The van der Waals surface area contributed by atoms with Gasteiger partial charge in [-0.25, -0.2) is 15.1 Å². The van der Waals surface area contributed by atoms with Crippen LogP contribution in [0.3, 0.4) is 0 Å². The van der Waals surface area contributed by atoms with Crippen molar-refractivity contribution in [3.8, 4) is 6.07 Å². The van der Waals surface area contributed by atoms with Gasteiger partial charge in [0.2, 0.25) is 0 Å². The number of aromatic amines is 1. The second-order valence-electron chi connectivity index (χ2n) is 3.97. The van der Waals surface area contributed by atoms with Gasteiger partial charge in [0.15, 0.2) is 5.65 Å². The lowest BCUT2D eigenvalue weighted by Gasteiger charge is -2.04. The topological polar surface area (TPSA) is 117 Å². The van der Waals surface area contributed by atoms with Crippen LogP contribution in [0.25, 0.3) is 11.2 Å². The monoisotopic (exact) mass is 283 g/mol. The smallest absolute Gasteiger partial charge is 0.179 e. The first kappa shape index (κ1) is 12.4. The summed E-state index contributed by atoms with van der Waals surface area (Å²) in [7, 11) is 0. The van der Waals surface area contributed by atoms with E-state index in [0.29, 0.717) is 28.4 Å². The van der Waals surface area contributed by atoms with Crippen molar-refractivity contribution in [2.24, 2.45) is 0 Å². The van der Waals surface area contributed by atoms with Gasteiger partial charge in [-0.15, -0.1) is 16.9 Å². The minimum Gasteiger partial charge on any atom is -0.384 e. The van der Waals surface area contributed by atoms with E-state index < -0.39 is 0 Å². The van der Waals surface area contributed by atoms with Crippen molar-refractivity contribution in [1.29, 1.82) is 5.26 Å². The normalized spacial score (nSPS) is 10.6. The largest absolute Gasteiger partial charge is 0.384 e. The highest BCUT2D eigenvalue weighted by Crippen LogP contribution is 2.29. The minimum atomic E-state index is 0.401. The first-order valence-electron chi connectivity index (χ1n) is 5.72. The maximum atomic E-state index is 9.02. The highest BCUT2D eigenvalue weighted by molar-refractivity contribution is 7.98. The van der Waals surface area contributed by atoms with Gasteiger partial charge in [-0.2, -0.15) is 5.26 Å². The van der Waals surface area contributed by atoms with E-state index in [1.807, 2.05) is 12.1 Å². The Morgan fingerprint density at radius 1 is 1.45 bits per heavy atom. The quantitative estimate of drug-likeness (QED) is 0.699. The van der Waals surface area contributed by atoms with E-state index in [9.17, 15) is 0 Å². The van der Waals surface area contributed by atoms with E-state index in [4.69, 9.17) is 11.0 Å². The highest BCUT2D eigenvalue weighted by atomic mass is 32.2. The fourth-order valence-corrected chi connectivity index (χ4v) is 2.77. The Kier molecular flexibility index (Phi) is 3.18. The van der Waals surface area contributed by atoms with E-state index in [0.717, 1.165) is 10.5 Å². The molecule has 0 aliphatic rings. The molecule has 3 aromatic rings. The average Bonchev–Trinajstić information content (AvgIpc) is 2.93. The third-order valence-electron chi connectivity index (χ3n) is 2.66. The Balaban J connectivity index is 1.91. The van der Waals surface area contributed by atoms with E-state index in [2.05, 4.69) is 31.4 Å². The minimum absolute atomic E-state index is 0.401. The molecule has 3 rings (SSSR count). The summed E-state index contributed by atoms with van der Waals surface area (Å²) in [5, 5.41) is 19.4. The average molecular weight is 283 g/mol. The van der Waals surface area contributed by atoms with Crippen molar-refractivity contribution in [3.63, 3.8) is 0 Å². The molecule has 98 valence electrons. The van der Waals surface area contributed by atoms with Gasteiger partial charge in [0.05, 0.1) is 0 Å². The number of nitrogens with one attached hydrogen (secondary N) is 1. The maximum absolute atomic E-state index is 9.02. The standard InChI is InChI=1S/C12H9N7S/c13-5-8-7(2-1-3-15-8)6-20-9-4-10(14)16-12-11(9)17-19-18-12/h1-4H,6H2,(H3,14,16,17,18,19). The molecule has 0 atom stereocenters. The fourth-order valence-electron chi connectivity index (χ4n) is 1.75. The lowest BCUT2D eigenvalue weighted by Crippen LogP contribution is -1.93. The molecule has 0 radical (unpaired) electrons. The summed E-state index contributed by atoms with van der Waals surface area (Å²) in [6.45, 7) is 0. The molecule has 0 fully saturated rings. The van der Waals surface area contributed by atoms with E-state index in [1.165, 1.54) is 11.8 Å². The number of nitrogens with zero attached hydrogens (tertiary/aromatic N) is 5. The number of nitrogen functional groups attached to an aromatic ring is 1. The fraction of sp³-hybridized carbons (Fsp3) is 0.0833. The molecular weight excluding hydrogens is 274 g/mol. The molecule has 7 nitrogen and oxygen atoms in total. The number of aromatic nitrogens is 5. The van der Waals surface area contributed by atoms with Crippen LogP contribution in [0.1, 0.15) is 11.3 Å². The Morgan fingerprint density at radius 3 is 3.20 bits per heavy atom. The zero-order valence-electron chi connectivity index (χ0n) is 10.2. The van der Waals surface area contributed by atoms with Crippen LogP contribution < -0.4 is 5.73 Å². The van der Waals surface area contributed by atoms with Gasteiger partial charge >= 0.3 is 0 Å². The second kappa shape index (κ2) is 5.14. The van der Waals surface area contributed by atoms with Crippen LogP contribution >= 0.6 is 11.8 Å². The predicted molar refractivity (Wildman–Crippen MR) is 74.6 cm³/mol. The Morgan fingerprint density at radius 2 is 2.35 bits per heavy atom. The Bertz CT molecular complexity index is 805. The number of pyridine rings is 2. The van der Waals surface area contributed by atoms with Crippen molar-refractivity contribution in [3.05, 3.63) is 35.7 Å². The molecular formula is C12H9N7S. The maximum Gasteiger partial charge on any atom is 0.179 e. The van der Waals surface area contributed by atoms with E-state index in [1.54, 1.807) is 12.3 Å². The van der Waals surface area contributed by atoms with Crippen molar-refractivity contribution >= 4 is 28.7 Å². The third kappa shape index (κ3) is 2.26. The number of thioether (sulfide) groups is 1. The number of hydrogen-bond donors (Lipinski definition) is 2. The van der Waals surface area contributed by atoms with Gasteiger partial charge in [-0.05, 0) is 17.7 Å². The summed E-state index contributed by atoms with van der Waals surface area (Å²) >= 11 is 1.52. The van der Waals surface area contributed by atoms with Crippen molar-refractivity contribution in [2.45, 2.75) is 10.6 Å². The van der Waals surface area contributed by atoms with E-state index >= 15 is 0 Å². The number of H-pyrrole nitrogens is 1. The lowest BCUT2D eigenvalue weighted by atomic mass is 10.2. The number of rotatable bonds is 3. The first-order chi connectivity index (χ1) is 9.78. The van der Waals surface area contributed by atoms with Crippen LogP contribution in [0.2, 0.25) is 0 Å². The summed E-state index contributed by atoms with van der Waals surface area (Å²) < 4.78 is 0. The molecule has 3 heterocycles. The van der Waals surface area contributed by atoms with Crippen molar-refractivity contribution < 1.29 is 0 Å². The van der Waals surface area contributed by atoms with Crippen molar-refractivity contribution in [2.75, 3.05) is 5.73 Å². The van der Waals surface area contributed by atoms with Gasteiger partial charge in [0.1, 0.15) is 23.1 Å². The zero-order valence-corrected chi connectivity index (χ0v) is 11.1. The number of fused-ring (bicyclic) bond motifs is 1. The van der Waals surface area contributed by atoms with Crippen molar-refractivity contribution in [1.82, 2.24) is 25.4 Å². The number of hydrogen-bond acceptors (Lipinski definition) is 7. The SMILES string of the molecule is N#Cc1ncccc1CSc1cc(N)nc2[nH]nnc12. The second-order valence-corrected chi connectivity index (χ2v) is 4.98. The molecule has 0 unspecified atom stereocenters. The molecule has 0 bridgehead atoms. The molecule has 0 aromatic carbocycles. The van der Waals surface area contributed by atoms with Crippen LogP contribution in [0.4, 0.5) is 5.82 Å². The summed E-state index contributed by atoms with van der Waals surface area (Å²) in [6, 6.07) is 7.51. The third-order valence-corrected chi connectivity index (χ3v) is 3.74. The van der Waals surface area contributed by atoms with Crippen LogP contribution in [0.15, 0.2) is 29.3 Å². The molecule has 0 saturated heterocycles. The summed E-state index contributed by atoms with van der Waals surface area (Å²) in [4.78, 5) is 9.01. The van der Waals surface area contributed by atoms with Gasteiger partial charge in [0.25, 0.3) is 0 Å². The molecule has 3 aromatic heterocycles. The number of anilines is 1. The molecule has 8 heteroatoms. The summed E-state index contributed by atoms with van der Waals surface area (Å²) in [5.41, 5.74) is 8.27.